The van der Waals surface area contributed by atoms with Crippen molar-refractivity contribution in [3.8, 4) is 5.75 Å². The lowest BCUT2D eigenvalue weighted by atomic mass is 10.1. The molecule has 1 aromatic rings. The third-order valence-corrected chi connectivity index (χ3v) is 2.42. The minimum absolute atomic E-state index is 0.522. The van der Waals surface area contributed by atoms with Gasteiger partial charge in [-0.15, -0.1) is 0 Å². The van der Waals surface area contributed by atoms with Crippen LogP contribution in [0.25, 0.3) is 0 Å². The van der Waals surface area contributed by atoms with Crippen molar-refractivity contribution >= 4 is 0 Å². The fourth-order valence-corrected chi connectivity index (χ4v) is 1.39. The van der Waals surface area contributed by atoms with Crippen molar-refractivity contribution < 1.29 is 9.94 Å². The predicted octanol–water partition coefficient (Wildman–Crippen LogP) is 3.07. The largest absolute Gasteiger partial charge is 0.457 e. The van der Waals surface area contributed by atoms with Gasteiger partial charge in [0.2, 0.25) is 0 Å². The minimum Gasteiger partial charge on any atom is -0.457 e. The molecule has 0 fully saturated rings. The number of nitrogens with zero attached hydrogens (tertiary/aromatic N) is 1. The minimum atomic E-state index is 0.522. The van der Waals surface area contributed by atoms with E-state index in [2.05, 4.69) is 6.58 Å². The van der Waals surface area contributed by atoms with Crippen LogP contribution in [0.5, 0.6) is 5.75 Å². The Morgan fingerprint density at radius 2 is 1.94 bits per heavy atom. The van der Waals surface area contributed by atoms with Gasteiger partial charge in [0.15, 0.2) is 0 Å². The van der Waals surface area contributed by atoms with E-state index >= 15 is 0 Å². The molecule has 0 bridgehead atoms. The Kier molecular flexibility index (Phi) is 2.79. The molecular formula is C13H13NO2. The number of hydrogen-bond donors (Lipinski definition) is 1. The molecule has 0 aliphatic carbocycles. The fraction of sp³-hybridized carbons (Fsp3) is 0.0769. The highest BCUT2D eigenvalue weighted by Crippen LogP contribution is 2.24. The van der Waals surface area contributed by atoms with E-state index in [-0.39, 0.29) is 0 Å². The molecule has 0 unspecified atom stereocenters. The fourth-order valence-electron chi connectivity index (χ4n) is 1.39. The smallest absolute Gasteiger partial charge is 0.134 e. The molecule has 0 radical (unpaired) electrons. The van der Waals surface area contributed by atoms with Crippen LogP contribution in [0.2, 0.25) is 0 Å². The van der Waals surface area contributed by atoms with Crippen molar-refractivity contribution in [2.75, 3.05) is 0 Å². The first-order valence-electron chi connectivity index (χ1n) is 4.98. The zero-order chi connectivity index (χ0) is 11.5. The van der Waals surface area contributed by atoms with Crippen molar-refractivity contribution in [1.82, 2.24) is 5.06 Å². The van der Waals surface area contributed by atoms with E-state index in [1.165, 1.54) is 6.20 Å². The maximum atomic E-state index is 9.39. The van der Waals surface area contributed by atoms with Crippen LogP contribution in [0.4, 0.5) is 0 Å². The van der Waals surface area contributed by atoms with Gasteiger partial charge in [-0.05, 0) is 25.1 Å². The summed E-state index contributed by atoms with van der Waals surface area (Å²) in [6.45, 7) is 5.61. The molecule has 0 aromatic heterocycles. The summed E-state index contributed by atoms with van der Waals surface area (Å²) in [7, 11) is 0. The lowest BCUT2D eigenvalue weighted by Gasteiger charge is -2.22. The number of benzene rings is 1. The normalized spacial score (nSPS) is 15.6. The standard InChI is InChI=1S/C13H13NO2/c1-10-11(2)14(15)9-8-13(10)16-12-6-4-3-5-7-12/h3-9,15H,2H2,1H3. The second-order valence-corrected chi connectivity index (χ2v) is 3.51. The van der Waals surface area contributed by atoms with Gasteiger partial charge in [0.1, 0.15) is 11.5 Å². The van der Waals surface area contributed by atoms with Crippen molar-refractivity contribution in [1.29, 1.82) is 0 Å². The summed E-state index contributed by atoms with van der Waals surface area (Å²) < 4.78 is 5.68. The molecule has 82 valence electrons. The molecule has 1 aliphatic heterocycles. The summed E-state index contributed by atoms with van der Waals surface area (Å²) in [6, 6.07) is 9.50. The van der Waals surface area contributed by atoms with E-state index in [0.29, 0.717) is 11.5 Å². The van der Waals surface area contributed by atoms with Crippen LogP contribution in [0.3, 0.4) is 0 Å². The van der Waals surface area contributed by atoms with Gasteiger partial charge in [-0.25, -0.2) is 5.06 Å². The molecule has 3 nitrogen and oxygen atoms in total. The Morgan fingerprint density at radius 1 is 1.25 bits per heavy atom. The summed E-state index contributed by atoms with van der Waals surface area (Å²) in [5.74, 6) is 1.46. The van der Waals surface area contributed by atoms with Gasteiger partial charge in [0.05, 0.1) is 5.70 Å². The highest BCUT2D eigenvalue weighted by molar-refractivity contribution is 5.39. The first kappa shape index (κ1) is 10.5. The van der Waals surface area contributed by atoms with E-state index in [1.807, 2.05) is 37.3 Å². The number of allylic oxidation sites excluding steroid dienone is 2. The summed E-state index contributed by atoms with van der Waals surface area (Å²) in [4.78, 5) is 0. The van der Waals surface area contributed by atoms with E-state index in [0.717, 1.165) is 16.4 Å². The average Bonchev–Trinajstić information content (AvgIpc) is 2.31. The molecule has 1 N–H and O–H groups in total. The molecule has 0 amide bonds. The molecule has 1 aliphatic rings. The number of hydrogen-bond acceptors (Lipinski definition) is 3. The van der Waals surface area contributed by atoms with Gasteiger partial charge in [0.25, 0.3) is 0 Å². The highest BCUT2D eigenvalue weighted by Gasteiger charge is 2.14. The molecule has 2 rings (SSSR count). The SMILES string of the molecule is C=C1C(C)=C(Oc2ccccc2)C=CN1O. The van der Waals surface area contributed by atoms with Crippen LogP contribution in [0.15, 0.2) is 66.2 Å². The second-order valence-electron chi connectivity index (χ2n) is 3.51. The third-order valence-electron chi connectivity index (χ3n) is 2.42. The van der Waals surface area contributed by atoms with Gasteiger partial charge in [0, 0.05) is 11.8 Å². The Balaban J connectivity index is 2.23. The first-order chi connectivity index (χ1) is 7.68. The van der Waals surface area contributed by atoms with Crippen molar-refractivity contribution in [3.05, 3.63) is 66.2 Å². The summed E-state index contributed by atoms with van der Waals surface area (Å²) in [5, 5.41) is 10.4. The maximum Gasteiger partial charge on any atom is 0.134 e. The van der Waals surface area contributed by atoms with E-state index in [4.69, 9.17) is 4.74 Å². The number of hydroxylamine groups is 2. The summed E-state index contributed by atoms with van der Waals surface area (Å²) in [5.41, 5.74) is 1.34. The topological polar surface area (TPSA) is 32.7 Å². The monoisotopic (exact) mass is 215 g/mol. The van der Waals surface area contributed by atoms with Crippen LogP contribution in [-0.4, -0.2) is 10.3 Å². The number of ether oxygens (including phenoxy) is 1. The molecular weight excluding hydrogens is 202 g/mol. The predicted molar refractivity (Wildman–Crippen MR) is 61.7 cm³/mol. The Hall–Kier alpha value is -2.00. The van der Waals surface area contributed by atoms with Crippen LogP contribution in [-0.2, 0) is 0 Å². The lowest BCUT2D eigenvalue weighted by Crippen LogP contribution is -2.17. The Morgan fingerprint density at radius 3 is 2.62 bits per heavy atom. The van der Waals surface area contributed by atoms with Crippen molar-refractivity contribution in [2.24, 2.45) is 0 Å². The van der Waals surface area contributed by atoms with Gasteiger partial charge in [-0.3, -0.25) is 5.21 Å². The van der Waals surface area contributed by atoms with Gasteiger partial charge >= 0.3 is 0 Å². The van der Waals surface area contributed by atoms with Crippen molar-refractivity contribution in [2.45, 2.75) is 6.92 Å². The molecule has 1 heterocycles. The highest BCUT2D eigenvalue weighted by atomic mass is 16.5. The van der Waals surface area contributed by atoms with E-state index in [1.54, 1.807) is 6.08 Å². The molecule has 3 heteroatoms. The molecule has 16 heavy (non-hydrogen) atoms. The van der Waals surface area contributed by atoms with E-state index in [9.17, 15) is 5.21 Å². The van der Waals surface area contributed by atoms with Gasteiger partial charge in [-0.1, -0.05) is 24.8 Å². The zero-order valence-electron chi connectivity index (χ0n) is 9.05. The van der Waals surface area contributed by atoms with Crippen LogP contribution >= 0.6 is 0 Å². The van der Waals surface area contributed by atoms with Crippen LogP contribution < -0.4 is 4.74 Å². The van der Waals surface area contributed by atoms with Gasteiger partial charge < -0.3 is 4.74 Å². The Labute approximate surface area is 94.5 Å². The molecule has 0 saturated heterocycles. The zero-order valence-corrected chi connectivity index (χ0v) is 9.05. The molecule has 0 saturated carbocycles. The summed E-state index contributed by atoms with van der Waals surface area (Å²) in [6.07, 6.45) is 3.21. The Bertz CT molecular complexity index is 460. The average molecular weight is 215 g/mol. The third kappa shape index (κ3) is 1.99. The van der Waals surface area contributed by atoms with Crippen LogP contribution in [0.1, 0.15) is 6.92 Å². The van der Waals surface area contributed by atoms with Gasteiger partial charge in [-0.2, -0.15) is 0 Å². The summed E-state index contributed by atoms with van der Waals surface area (Å²) >= 11 is 0. The number of rotatable bonds is 2. The first-order valence-corrected chi connectivity index (χ1v) is 4.98. The lowest BCUT2D eigenvalue weighted by molar-refractivity contribution is -0.00269. The van der Waals surface area contributed by atoms with E-state index < -0.39 is 0 Å². The molecule has 1 aromatic carbocycles. The van der Waals surface area contributed by atoms with Crippen LogP contribution in [0, 0.1) is 0 Å². The molecule has 0 atom stereocenters. The quantitative estimate of drug-likeness (QED) is 0.822. The van der Waals surface area contributed by atoms with Crippen molar-refractivity contribution in [3.63, 3.8) is 0 Å². The maximum absolute atomic E-state index is 9.39. The molecule has 0 spiro atoms. The second kappa shape index (κ2) is 4.24. The number of para-hydroxylation sites is 1.